The first-order chi connectivity index (χ1) is 18.4. The van der Waals surface area contributed by atoms with E-state index in [1.807, 2.05) is 84.9 Å². The van der Waals surface area contributed by atoms with Crippen molar-refractivity contribution >= 4 is 23.4 Å². The molecule has 0 radical (unpaired) electrons. The van der Waals surface area contributed by atoms with Crippen LogP contribution in [0.15, 0.2) is 103 Å². The van der Waals surface area contributed by atoms with Gasteiger partial charge in [0.2, 0.25) is 0 Å². The summed E-state index contributed by atoms with van der Waals surface area (Å²) in [5, 5.41) is 24.5. The minimum absolute atomic E-state index is 0.0854. The molecule has 0 bridgehead atoms. The maximum atomic E-state index is 14.1. The summed E-state index contributed by atoms with van der Waals surface area (Å²) in [7, 11) is -2.94. The molecule has 0 aliphatic carbocycles. The fourth-order valence-corrected chi connectivity index (χ4v) is 6.19. The molecule has 0 heterocycles. The Labute approximate surface area is 223 Å². The lowest BCUT2D eigenvalue weighted by Crippen LogP contribution is -2.40. The van der Waals surface area contributed by atoms with E-state index in [1.165, 1.54) is 6.07 Å². The van der Waals surface area contributed by atoms with Crippen molar-refractivity contribution in [2.45, 2.75) is 12.5 Å². The molecule has 4 rings (SSSR count). The Bertz CT molecular complexity index is 1290. The highest BCUT2D eigenvalue weighted by atomic mass is 31.2. The van der Waals surface area contributed by atoms with Crippen molar-refractivity contribution in [3.8, 4) is 17.2 Å². The van der Waals surface area contributed by atoms with E-state index in [4.69, 9.17) is 9.47 Å². The first kappa shape index (κ1) is 27.4. The Balaban J connectivity index is 1.23. The van der Waals surface area contributed by atoms with Gasteiger partial charge in [-0.2, -0.15) is 0 Å². The van der Waals surface area contributed by atoms with Crippen LogP contribution >= 0.6 is 7.14 Å². The van der Waals surface area contributed by atoms with Crippen molar-refractivity contribution in [1.29, 1.82) is 0 Å². The van der Waals surface area contributed by atoms with Gasteiger partial charge in [-0.05, 0) is 42.8 Å². The minimum atomic E-state index is -2.94. The Morgan fingerprint density at radius 1 is 0.816 bits per heavy atom. The Hall–Kier alpha value is -3.61. The summed E-state index contributed by atoms with van der Waals surface area (Å²) < 4.78 is 25.7. The largest absolute Gasteiger partial charge is 0.503 e. The molecule has 0 aromatic heterocycles. The average molecular weight is 534 g/mol. The zero-order chi connectivity index (χ0) is 26.8. The predicted octanol–water partition coefficient (Wildman–Crippen LogP) is 3.19. The van der Waals surface area contributed by atoms with Crippen LogP contribution in [-0.2, 0) is 11.0 Å². The number of ether oxygens (including phenoxy) is 2. The van der Waals surface area contributed by atoms with Crippen molar-refractivity contribution in [1.82, 2.24) is 5.32 Å². The summed E-state index contributed by atoms with van der Waals surface area (Å²) in [4.78, 5) is 0. The summed E-state index contributed by atoms with van der Waals surface area (Å²) in [5.41, 5.74) is 5.33. The van der Waals surface area contributed by atoms with Gasteiger partial charge in [0, 0.05) is 23.2 Å². The van der Waals surface area contributed by atoms with E-state index in [1.54, 1.807) is 12.1 Å². The van der Waals surface area contributed by atoms with E-state index < -0.39 is 13.2 Å². The second-order valence-electron chi connectivity index (χ2n) is 9.04. The maximum Gasteiger partial charge on any atom is 0.178 e. The fraction of sp³-hybridized carbons (Fsp3) is 0.200. The average Bonchev–Trinajstić information content (AvgIpc) is 2.96. The Morgan fingerprint density at radius 2 is 1.42 bits per heavy atom. The first-order valence-corrected chi connectivity index (χ1v) is 14.4. The van der Waals surface area contributed by atoms with Crippen LogP contribution < -0.4 is 31.1 Å². The lowest BCUT2D eigenvalue weighted by molar-refractivity contribution is -0.256. The summed E-state index contributed by atoms with van der Waals surface area (Å²) >= 11 is 0. The molecule has 4 aromatic rings. The van der Waals surface area contributed by atoms with Crippen LogP contribution in [0.4, 0.5) is 5.69 Å². The number of aliphatic hydroxyl groups is 1. The molecule has 7 nitrogen and oxygen atoms in total. The van der Waals surface area contributed by atoms with Crippen LogP contribution in [0.5, 0.6) is 17.2 Å². The van der Waals surface area contributed by atoms with Gasteiger partial charge in [0.15, 0.2) is 18.6 Å². The van der Waals surface area contributed by atoms with Gasteiger partial charge < -0.3 is 35.3 Å². The molecule has 198 valence electrons. The summed E-state index contributed by atoms with van der Waals surface area (Å²) in [5.74, 6) is 1.33. The van der Waals surface area contributed by atoms with E-state index in [9.17, 15) is 14.8 Å². The van der Waals surface area contributed by atoms with E-state index >= 15 is 0 Å². The van der Waals surface area contributed by atoms with Crippen molar-refractivity contribution in [2.75, 3.05) is 26.0 Å². The van der Waals surface area contributed by atoms with Crippen LogP contribution in [-0.4, -0.2) is 42.4 Å². The summed E-state index contributed by atoms with van der Waals surface area (Å²) in [6, 6.07) is 31.5. The third-order valence-corrected chi connectivity index (χ3v) is 8.90. The maximum absolute atomic E-state index is 14.1. The molecule has 0 unspecified atom stereocenters. The zero-order valence-corrected chi connectivity index (χ0v) is 22.1. The summed E-state index contributed by atoms with van der Waals surface area (Å²) in [6.07, 6.45) is 0.198. The molecular weight excluding hydrogens is 499 g/mol. The smallest absolute Gasteiger partial charge is 0.178 e. The Kier molecular flexibility index (Phi) is 9.57. The van der Waals surface area contributed by atoms with Gasteiger partial charge >= 0.3 is 0 Å². The van der Waals surface area contributed by atoms with Crippen LogP contribution in [0.1, 0.15) is 5.56 Å². The van der Waals surface area contributed by atoms with Crippen molar-refractivity contribution in [2.24, 2.45) is 0 Å². The van der Waals surface area contributed by atoms with E-state index in [-0.39, 0.29) is 18.7 Å². The standard InChI is InChI=1S/C30H33N2O5P/c31-29-19-26(15-16-30(29)34)36-21-24(33)20-32-18-17-23-11-13-25(14-12-23)37-22-38(35,27-7-3-1-4-8-27)28-9-5-2-6-10-28/h1-16,19,24,32-34H,17-18,20-22,31H2/p+1/t24-/m0/s1. The number of aliphatic hydroxyl groups excluding tert-OH is 1. The highest BCUT2D eigenvalue weighted by molar-refractivity contribution is 7.78. The van der Waals surface area contributed by atoms with E-state index in [2.05, 4.69) is 11.1 Å². The molecule has 0 spiro atoms. The van der Waals surface area contributed by atoms with Gasteiger partial charge in [0.05, 0.1) is 0 Å². The van der Waals surface area contributed by atoms with Gasteiger partial charge in [-0.25, -0.2) is 0 Å². The monoisotopic (exact) mass is 533 g/mol. The molecular formula is C30H34N2O5P+. The van der Waals surface area contributed by atoms with Gasteiger partial charge in [-0.3, -0.25) is 0 Å². The van der Waals surface area contributed by atoms with Crippen LogP contribution in [0.3, 0.4) is 0 Å². The topological polar surface area (TPSA) is 116 Å². The highest BCUT2D eigenvalue weighted by Crippen LogP contribution is 2.43. The lowest BCUT2D eigenvalue weighted by atomic mass is 10.1. The molecule has 0 saturated heterocycles. The van der Waals surface area contributed by atoms with Crippen LogP contribution in [0, 0.1) is 0 Å². The molecule has 8 heteroatoms. The van der Waals surface area contributed by atoms with Crippen LogP contribution in [0.2, 0.25) is 0 Å². The molecule has 38 heavy (non-hydrogen) atoms. The molecule has 4 aromatic carbocycles. The van der Waals surface area contributed by atoms with Gasteiger partial charge in [0.1, 0.15) is 30.6 Å². The predicted molar refractivity (Wildman–Crippen MR) is 150 cm³/mol. The van der Waals surface area contributed by atoms with E-state index in [0.717, 1.165) is 22.6 Å². The van der Waals surface area contributed by atoms with Crippen molar-refractivity contribution in [3.05, 3.63) is 109 Å². The molecule has 0 saturated carbocycles. The summed E-state index contributed by atoms with van der Waals surface area (Å²) in [6.45, 7) is 1.22. The van der Waals surface area contributed by atoms with Gasteiger partial charge in [-0.1, -0.05) is 72.8 Å². The third kappa shape index (κ3) is 7.46. The molecule has 0 aliphatic heterocycles. The third-order valence-electron chi connectivity index (χ3n) is 6.15. The minimum Gasteiger partial charge on any atom is -0.503 e. The number of nitrogens with one attached hydrogen (secondary N) is 1. The van der Waals surface area contributed by atoms with Crippen molar-refractivity contribution in [3.63, 3.8) is 0 Å². The molecule has 0 aliphatic rings. The molecule has 1 atom stereocenters. The number of phenols is 1. The quantitative estimate of drug-likeness (QED) is 0.155. The SMILES string of the molecule is [NH3+]c1cc(OC[C@@H](O)CNCCc2ccc(OCP(=O)(c3ccccc3)c3ccccc3)cc2)ccc1O. The van der Waals surface area contributed by atoms with E-state index in [0.29, 0.717) is 30.3 Å². The van der Waals surface area contributed by atoms with Crippen molar-refractivity contribution < 1.29 is 30.0 Å². The highest BCUT2D eigenvalue weighted by Gasteiger charge is 2.28. The van der Waals surface area contributed by atoms with Gasteiger partial charge in [0.25, 0.3) is 0 Å². The molecule has 6 N–H and O–H groups in total. The fourth-order valence-electron chi connectivity index (χ4n) is 3.96. The first-order valence-electron chi connectivity index (χ1n) is 12.5. The number of quaternary nitrogens is 1. The number of hydrogen-bond acceptors (Lipinski definition) is 6. The molecule has 0 fully saturated rings. The zero-order valence-electron chi connectivity index (χ0n) is 21.2. The molecule has 0 amide bonds. The second-order valence-corrected chi connectivity index (χ2v) is 11.8. The number of aromatic hydroxyl groups is 1. The number of benzene rings is 4. The lowest BCUT2D eigenvalue weighted by Gasteiger charge is -2.20. The number of phenolic OH excluding ortho intramolecular Hbond substituents is 1. The number of hydrogen-bond donors (Lipinski definition) is 4. The second kappa shape index (κ2) is 13.3. The number of rotatable bonds is 13. The normalized spacial score (nSPS) is 12.2. The van der Waals surface area contributed by atoms with Gasteiger partial charge in [-0.15, -0.1) is 0 Å². The van der Waals surface area contributed by atoms with Crippen LogP contribution in [0.25, 0.3) is 0 Å². The Morgan fingerprint density at radius 3 is 2.03 bits per heavy atom.